The van der Waals surface area contributed by atoms with E-state index in [4.69, 9.17) is 4.74 Å². The minimum atomic E-state index is -3.73. The van der Waals surface area contributed by atoms with Crippen LogP contribution >= 0.6 is 11.3 Å². The first-order valence-corrected chi connectivity index (χ1v) is 12.8. The van der Waals surface area contributed by atoms with Gasteiger partial charge in [-0.2, -0.15) is 4.31 Å². The third-order valence-corrected chi connectivity index (χ3v) is 8.37. The lowest BCUT2D eigenvalue weighted by molar-refractivity contribution is 0.0693. The zero-order valence-electron chi connectivity index (χ0n) is 18.0. The third kappa shape index (κ3) is 4.05. The van der Waals surface area contributed by atoms with E-state index in [1.54, 1.807) is 45.9 Å². The highest BCUT2D eigenvalue weighted by molar-refractivity contribution is 7.89. The van der Waals surface area contributed by atoms with E-state index < -0.39 is 10.0 Å². The monoisotopic (exact) mass is 475 g/mol. The molecule has 1 fully saturated rings. The summed E-state index contributed by atoms with van der Waals surface area (Å²) in [6.45, 7) is 5.72. The molecule has 8 nitrogen and oxygen atoms in total. The van der Waals surface area contributed by atoms with Crippen molar-refractivity contribution in [2.24, 2.45) is 0 Å². The average molecular weight is 476 g/mol. The number of carbonyl (C=O) groups excluding carboxylic acids is 1. The maximum Gasteiger partial charge on any atom is 0.308 e. The van der Waals surface area contributed by atoms with Gasteiger partial charge in [0.15, 0.2) is 0 Å². The highest BCUT2D eigenvalue weighted by atomic mass is 32.2. The van der Waals surface area contributed by atoms with Crippen molar-refractivity contribution in [1.82, 2.24) is 13.8 Å². The molecule has 0 bridgehead atoms. The zero-order chi connectivity index (χ0) is 22.9. The highest BCUT2D eigenvalue weighted by Crippen LogP contribution is 2.26. The lowest BCUT2D eigenvalue weighted by atomic mass is 10.1. The Labute approximate surface area is 190 Å². The molecule has 4 rings (SSSR count). The summed E-state index contributed by atoms with van der Waals surface area (Å²) >= 11 is 1.05. The van der Waals surface area contributed by atoms with Gasteiger partial charge in [0, 0.05) is 32.7 Å². The Bertz CT molecular complexity index is 1300. The smallest absolute Gasteiger partial charge is 0.308 e. The Kier molecular flexibility index (Phi) is 6.36. The van der Waals surface area contributed by atoms with Gasteiger partial charge >= 0.3 is 4.87 Å². The van der Waals surface area contributed by atoms with Crippen LogP contribution in [0.3, 0.4) is 0 Å². The molecule has 2 aromatic carbocycles. The minimum Gasteiger partial charge on any atom is -0.493 e. The Morgan fingerprint density at radius 1 is 1.06 bits per heavy atom. The molecule has 10 heteroatoms. The van der Waals surface area contributed by atoms with Gasteiger partial charge in [-0.1, -0.05) is 23.5 Å². The van der Waals surface area contributed by atoms with Crippen LogP contribution in [0.15, 0.2) is 52.2 Å². The summed E-state index contributed by atoms with van der Waals surface area (Å²) in [5, 5.41) is 0. The molecule has 32 heavy (non-hydrogen) atoms. The second kappa shape index (κ2) is 9.05. The number of para-hydroxylation sites is 1. The summed E-state index contributed by atoms with van der Waals surface area (Å²) in [7, 11) is -3.73. The Morgan fingerprint density at radius 2 is 1.78 bits per heavy atom. The van der Waals surface area contributed by atoms with Gasteiger partial charge < -0.3 is 9.64 Å². The molecule has 1 amide bonds. The molecule has 0 spiro atoms. The zero-order valence-corrected chi connectivity index (χ0v) is 19.6. The quantitative estimate of drug-likeness (QED) is 0.547. The van der Waals surface area contributed by atoms with Crippen molar-refractivity contribution in [3.05, 3.63) is 57.7 Å². The molecule has 0 unspecified atom stereocenters. The fraction of sp³-hybridized carbons (Fsp3) is 0.364. The lowest BCUT2D eigenvalue weighted by Crippen LogP contribution is -2.50. The van der Waals surface area contributed by atoms with Gasteiger partial charge in [0.05, 0.1) is 27.3 Å². The number of nitrogens with zero attached hydrogens (tertiary/aromatic N) is 3. The van der Waals surface area contributed by atoms with Crippen molar-refractivity contribution < 1.29 is 17.9 Å². The molecule has 3 aromatic rings. The molecule has 1 saturated heterocycles. The lowest BCUT2D eigenvalue weighted by Gasteiger charge is -2.34. The number of piperazine rings is 1. The predicted octanol–water partition coefficient (Wildman–Crippen LogP) is 2.63. The maximum absolute atomic E-state index is 13.2. The van der Waals surface area contributed by atoms with Crippen molar-refractivity contribution in [1.29, 1.82) is 0 Å². The van der Waals surface area contributed by atoms with Crippen LogP contribution in [-0.4, -0.2) is 60.9 Å². The van der Waals surface area contributed by atoms with E-state index in [9.17, 15) is 18.0 Å². The molecular formula is C22H25N3O5S2. The van der Waals surface area contributed by atoms with Gasteiger partial charge in [0.25, 0.3) is 5.91 Å². The topological polar surface area (TPSA) is 88.9 Å². The van der Waals surface area contributed by atoms with Crippen LogP contribution < -0.4 is 9.61 Å². The summed E-state index contributed by atoms with van der Waals surface area (Å²) in [6.07, 6.45) is 0. The molecule has 1 aliphatic heterocycles. The third-order valence-electron chi connectivity index (χ3n) is 5.54. The molecule has 1 aliphatic rings. The summed E-state index contributed by atoms with van der Waals surface area (Å²) < 4.78 is 35.6. The van der Waals surface area contributed by atoms with E-state index in [0.29, 0.717) is 42.3 Å². The van der Waals surface area contributed by atoms with E-state index in [-0.39, 0.29) is 28.8 Å². The molecule has 0 radical (unpaired) electrons. The average Bonchev–Trinajstić information content (AvgIpc) is 3.13. The van der Waals surface area contributed by atoms with E-state index in [0.717, 1.165) is 16.9 Å². The molecular weight excluding hydrogens is 450 g/mol. The second-order valence-electron chi connectivity index (χ2n) is 7.37. The molecule has 0 saturated carbocycles. The van der Waals surface area contributed by atoms with E-state index in [1.165, 1.54) is 4.31 Å². The predicted molar refractivity (Wildman–Crippen MR) is 124 cm³/mol. The first-order chi connectivity index (χ1) is 15.4. The van der Waals surface area contributed by atoms with Crippen molar-refractivity contribution >= 4 is 37.5 Å². The number of thiazole rings is 1. The molecule has 0 N–H and O–H groups in total. The van der Waals surface area contributed by atoms with Crippen molar-refractivity contribution in [2.75, 3.05) is 32.8 Å². The van der Waals surface area contributed by atoms with Crippen LogP contribution in [0.5, 0.6) is 5.75 Å². The highest BCUT2D eigenvalue weighted by Gasteiger charge is 2.31. The van der Waals surface area contributed by atoms with Crippen LogP contribution in [0.4, 0.5) is 0 Å². The molecule has 0 atom stereocenters. The summed E-state index contributed by atoms with van der Waals surface area (Å²) in [5.41, 5.74) is 1.22. The van der Waals surface area contributed by atoms with Crippen LogP contribution in [0.1, 0.15) is 24.2 Å². The number of aromatic nitrogens is 1. The van der Waals surface area contributed by atoms with Crippen LogP contribution in [-0.2, 0) is 16.6 Å². The van der Waals surface area contributed by atoms with Crippen molar-refractivity contribution in [3.8, 4) is 5.75 Å². The minimum absolute atomic E-state index is 0.100. The van der Waals surface area contributed by atoms with E-state index in [1.807, 2.05) is 19.9 Å². The normalized spacial score (nSPS) is 15.2. The number of aryl methyl sites for hydroxylation is 1. The van der Waals surface area contributed by atoms with Gasteiger partial charge in [0.2, 0.25) is 10.0 Å². The maximum atomic E-state index is 13.2. The fourth-order valence-electron chi connectivity index (χ4n) is 3.88. The van der Waals surface area contributed by atoms with Gasteiger partial charge in [-0.05, 0) is 44.2 Å². The first-order valence-electron chi connectivity index (χ1n) is 10.5. The van der Waals surface area contributed by atoms with E-state index in [2.05, 4.69) is 0 Å². The number of rotatable bonds is 6. The molecule has 2 heterocycles. The number of fused-ring (bicyclic) bond motifs is 1. The van der Waals surface area contributed by atoms with Crippen molar-refractivity contribution in [2.45, 2.75) is 25.3 Å². The Balaban J connectivity index is 1.51. The molecule has 0 aliphatic carbocycles. The number of ether oxygens (including phenoxy) is 1. The largest absolute Gasteiger partial charge is 0.493 e. The van der Waals surface area contributed by atoms with Crippen LogP contribution in [0.25, 0.3) is 10.2 Å². The Hall–Kier alpha value is -2.69. The standard InChI is InChI=1S/C22H25N3O5S2/c1-3-25-18-10-9-16(15-20(18)31-22(25)27)32(28,29)24-13-11-23(12-14-24)21(26)17-7-5-6-8-19(17)30-4-2/h5-10,15H,3-4,11-14H2,1-2H3. The van der Waals surface area contributed by atoms with Crippen LogP contribution in [0, 0.1) is 0 Å². The van der Waals surface area contributed by atoms with Gasteiger partial charge in [0.1, 0.15) is 5.75 Å². The number of benzene rings is 2. The fourth-order valence-corrected chi connectivity index (χ4v) is 6.40. The molecule has 1 aromatic heterocycles. The van der Waals surface area contributed by atoms with Gasteiger partial charge in [-0.15, -0.1) is 0 Å². The number of hydrogen-bond acceptors (Lipinski definition) is 6. The van der Waals surface area contributed by atoms with Gasteiger partial charge in [-0.25, -0.2) is 8.42 Å². The SMILES string of the molecule is CCOc1ccccc1C(=O)N1CCN(S(=O)(=O)c2ccc3c(c2)sc(=O)n3CC)CC1. The summed E-state index contributed by atoms with van der Waals surface area (Å²) in [4.78, 5) is 26.8. The van der Waals surface area contributed by atoms with E-state index >= 15 is 0 Å². The number of sulfonamides is 1. The van der Waals surface area contributed by atoms with Crippen molar-refractivity contribution in [3.63, 3.8) is 0 Å². The summed E-state index contributed by atoms with van der Waals surface area (Å²) in [6, 6.07) is 11.9. The van der Waals surface area contributed by atoms with Gasteiger partial charge in [-0.3, -0.25) is 14.2 Å². The summed E-state index contributed by atoms with van der Waals surface area (Å²) in [5.74, 6) is 0.361. The second-order valence-corrected chi connectivity index (χ2v) is 10.3. The number of carbonyl (C=O) groups is 1. The number of hydrogen-bond donors (Lipinski definition) is 0. The molecule has 170 valence electrons. The number of amides is 1. The Morgan fingerprint density at radius 3 is 2.47 bits per heavy atom. The van der Waals surface area contributed by atoms with Crippen LogP contribution in [0.2, 0.25) is 0 Å². The first kappa shape index (κ1) is 22.5.